The lowest BCUT2D eigenvalue weighted by molar-refractivity contribution is -0.129. The van der Waals surface area contributed by atoms with E-state index in [-0.39, 0.29) is 35.1 Å². The normalized spacial score (nSPS) is 10.8. The number of rotatable bonds is 10. The van der Waals surface area contributed by atoms with E-state index in [1.807, 2.05) is 20.8 Å². The van der Waals surface area contributed by atoms with Gasteiger partial charge >= 0.3 is 6.03 Å². The first-order chi connectivity index (χ1) is 21.8. The molecule has 11 nitrogen and oxygen atoms in total. The fourth-order valence-corrected chi connectivity index (χ4v) is 3.74. The number of aromatic nitrogens is 3. The van der Waals surface area contributed by atoms with Crippen molar-refractivity contribution in [3.8, 4) is 17.2 Å². The first-order valence-electron chi connectivity index (χ1n) is 14.8. The number of nitrogens with one attached hydrogen (secondary N) is 3. The second-order valence-electron chi connectivity index (χ2n) is 11.7. The Bertz CT molecular complexity index is 1650. The van der Waals surface area contributed by atoms with Gasteiger partial charge in [-0.05, 0) is 41.8 Å². The molecule has 244 valence electrons. The lowest BCUT2D eigenvalue weighted by Gasteiger charge is -2.14. The molecule has 0 fully saturated rings. The van der Waals surface area contributed by atoms with Crippen molar-refractivity contribution in [2.75, 3.05) is 17.7 Å². The summed E-state index contributed by atoms with van der Waals surface area (Å²) in [6.07, 6.45) is 2.71. The zero-order valence-corrected chi connectivity index (χ0v) is 27.2. The van der Waals surface area contributed by atoms with Gasteiger partial charge < -0.3 is 20.1 Å². The summed E-state index contributed by atoms with van der Waals surface area (Å²) in [6.45, 7) is 13.1. The molecule has 46 heavy (non-hydrogen) atoms. The van der Waals surface area contributed by atoms with Crippen LogP contribution in [0.5, 0.6) is 11.5 Å². The van der Waals surface area contributed by atoms with Crippen LogP contribution in [0, 0.1) is 11.7 Å². The minimum Gasteiger partial charge on any atom is -0.463 e. The molecule has 0 aliphatic carbocycles. The van der Waals surface area contributed by atoms with Crippen LogP contribution in [-0.2, 0) is 21.6 Å². The number of hydrogen-bond acceptors (Lipinski definition) is 7. The third kappa shape index (κ3) is 10.1. The highest BCUT2D eigenvalue weighted by molar-refractivity contribution is 5.99. The number of carbonyl (C=O) groups excluding carboxylic acids is 3. The van der Waals surface area contributed by atoms with Crippen LogP contribution < -0.4 is 20.7 Å². The number of nitrogens with zero attached hydrogens (tertiary/aromatic N) is 3. The van der Waals surface area contributed by atoms with Crippen LogP contribution in [0.1, 0.15) is 69.7 Å². The van der Waals surface area contributed by atoms with Crippen molar-refractivity contribution in [1.82, 2.24) is 20.1 Å². The highest BCUT2D eigenvalue weighted by atomic mass is 19.1. The lowest BCUT2D eigenvalue weighted by Crippen LogP contribution is -2.22. The number of carbonyl (C=O) groups is 3. The molecule has 0 aliphatic heterocycles. The van der Waals surface area contributed by atoms with Gasteiger partial charge in [-0.15, -0.1) is 0 Å². The van der Waals surface area contributed by atoms with Crippen LogP contribution in [0.2, 0.25) is 0 Å². The molecular formula is C34H41FN6O5. The van der Waals surface area contributed by atoms with Gasteiger partial charge in [-0.3, -0.25) is 19.9 Å². The molecule has 4 rings (SSSR count). The smallest absolute Gasteiger partial charge is 0.324 e. The Morgan fingerprint density at radius 1 is 1.02 bits per heavy atom. The summed E-state index contributed by atoms with van der Waals surface area (Å²) in [5, 5.41) is 12.4. The number of hydrogen-bond donors (Lipinski definition) is 3. The van der Waals surface area contributed by atoms with Gasteiger partial charge in [0.05, 0.1) is 17.1 Å². The standard InChI is InChI=1S/C29H29FN6O5.C5H12/c1-29(2,3)25-15-26(36(35-25)19-7-5-6-18(12-19)16-40-17-37)34-28(39)33-23-9-8-20(13-22(23)30)41-21-10-11-32-24(14-21)27(38)31-4;1-4-5(2)3/h5-15,17H,16H2,1-4H3,(H,31,38)(H2,33,34,39);5H,4H2,1-3H3. The van der Waals surface area contributed by atoms with E-state index in [0.717, 1.165) is 17.5 Å². The molecule has 3 N–H and O–H groups in total. The predicted octanol–water partition coefficient (Wildman–Crippen LogP) is 7.23. The molecule has 0 saturated heterocycles. The minimum atomic E-state index is -0.731. The molecule has 0 unspecified atom stereocenters. The summed E-state index contributed by atoms with van der Waals surface area (Å²) < 4.78 is 27.0. The zero-order valence-electron chi connectivity index (χ0n) is 27.2. The van der Waals surface area contributed by atoms with E-state index < -0.39 is 11.8 Å². The summed E-state index contributed by atoms with van der Waals surface area (Å²) in [7, 11) is 1.48. The molecular weight excluding hydrogens is 591 g/mol. The van der Waals surface area contributed by atoms with E-state index in [0.29, 0.717) is 29.4 Å². The van der Waals surface area contributed by atoms with Crippen molar-refractivity contribution in [1.29, 1.82) is 0 Å². The number of amides is 3. The molecule has 3 amide bonds. The summed E-state index contributed by atoms with van der Waals surface area (Å²) >= 11 is 0. The average molecular weight is 633 g/mol. The van der Waals surface area contributed by atoms with Crippen LogP contribution >= 0.6 is 0 Å². The van der Waals surface area contributed by atoms with Crippen molar-refractivity contribution in [3.63, 3.8) is 0 Å². The van der Waals surface area contributed by atoms with Gasteiger partial charge in [0.15, 0.2) is 0 Å². The quantitative estimate of drug-likeness (QED) is 0.157. The summed E-state index contributed by atoms with van der Waals surface area (Å²) in [5.41, 5.74) is 1.82. The number of ether oxygens (including phenoxy) is 2. The molecule has 4 aromatic rings. The largest absolute Gasteiger partial charge is 0.463 e. The van der Waals surface area contributed by atoms with E-state index in [1.165, 1.54) is 43.9 Å². The SMILES string of the molecule is CCC(C)C.CNC(=O)c1cc(Oc2ccc(NC(=O)Nc3cc(C(C)(C)C)nn3-c3cccc(COC=O)c3)c(F)c2)ccn1. The molecule has 2 heterocycles. The van der Waals surface area contributed by atoms with Gasteiger partial charge in [-0.25, -0.2) is 13.9 Å². The molecule has 12 heteroatoms. The Labute approximate surface area is 268 Å². The van der Waals surface area contributed by atoms with Gasteiger partial charge in [-0.1, -0.05) is 60.1 Å². The van der Waals surface area contributed by atoms with Gasteiger partial charge in [0.1, 0.15) is 35.4 Å². The zero-order chi connectivity index (χ0) is 33.9. The van der Waals surface area contributed by atoms with Gasteiger partial charge in [0.25, 0.3) is 12.4 Å². The van der Waals surface area contributed by atoms with Gasteiger partial charge in [0, 0.05) is 36.9 Å². The topological polar surface area (TPSA) is 136 Å². The summed E-state index contributed by atoms with van der Waals surface area (Å²) in [5.74, 6) is 0.573. The number of benzene rings is 2. The molecule has 0 radical (unpaired) electrons. The van der Waals surface area contributed by atoms with Crippen LogP contribution in [-0.4, -0.2) is 40.2 Å². The first kappa shape index (κ1) is 35.2. The highest BCUT2D eigenvalue weighted by Crippen LogP contribution is 2.28. The fourth-order valence-electron chi connectivity index (χ4n) is 3.74. The lowest BCUT2D eigenvalue weighted by atomic mass is 9.92. The van der Waals surface area contributed by atoms with E-state index in [4.69, 9.17) is 9.47 Å². The fraction of sp³-hybridized carbons (Fsp3) is 0.324. The second kappa shape index (κ2) is 16.2. The van der Waals surface area contributed by atoms with Crippen molar-refractivity contribution in [2.24, 2.45) is 5.92 Å². The minimum absolute atomic E-state index is 0.0780. The van der Waals surface area contributed by atoms with E-state index in [1.54, 1.807) is 35.0 Å². The average Bonchev–Trinajstić information content (AvgIpc) is 3.46. The van der Waals surface area contributed by atoms with Crippen molar-refractivity contribution in [2.45, 2.75) is 60.0 Å². The van der Waals surface area contributed by atoms with Crippen LogP contribution in [0.3, 0.4) is 0 Å². The molecule has 0 atom stereocenters. The molecule has 2 aromatic heterocycles. The van der Waals surface area contributed by atoms with Crippen molar-refractivity contribution >= 4 is 29.9 Å². The Kier molecular flexibility index (Phi) is 12.4. The number of anilines is 2. The Balaban J connectivity index is 0.00000107. The maximum absolute atomic E-state index is 14.9. The Morgan fingerprint density at radius 2 is 1.74 bits per heavy atom. The van der Waals surface area contributed by atoms with Crippen molar-refractivity contribution in [3.05, 3.63) is 89.6 Å². The van der Waals surface area contributed by atoms with Gasteiger partial charge in [-0.2, -0.15) is 5.10 Å². The van der Waals surface area contributed by atoms with Crippen LogP contribution in [0.4, 0.5) is 20.7 Å². The van der Waals surface area contributed by atoms with E-state index >= 15 is 0 Å². The van der Waals surface area contributed by atoms with Crippen molar-refractivity contribution < 1.29 is 28.2 Å². The number of halogens is 1. The molecule has 0 spiro atoms. The monoisotopic (exact) mass is 632 g/mol. The van der Waals surface area contributed by atoms with E-state index in [9.17, 15) is 18.8 Å². The summed E-state index contributed by atoms with van der Waals surface area (Å²) in [4.78, 5) is 39.3. The summed E-state index contributed by atoms with van der Waals surface area (Å²) in [6, 6.07) is 15.1. The third-order valence-electron chi connectivity index (χ3n) is 6.62. The van der Waals surface area contributed by atoms with Crippen LogP contribution in [0.15, 0.2) is 66.9 Å². The van der Waals surface area contributed by atoms with Gasteiger partial charge in [0.2, 0.25) is 0 Å². The Hall–Kier alpha value is -5.26. The maximum Gasteiger partial charge on any atom is 0.324 e. The highest BCUT2D eigenvalue weighted by Gasteiger charge is 2.22. The van der Waals surface area contributed by atoms with Crippen LogP contribution in [0.25, 0.3) is 5.69 Å². The number of pyridine rings is 1. The molecule has 0 saturated carbocycles. The maximum atomic E-state index is 14.9. The van der Waals surface area contributed by atoms with E-state index in [2.05, 4.69) is 46.8 Å². The third-order valence-corrected chi connectivity index (χ3v) is 6.62. The predicted molar refractivity (Wildman–Crippen MR) is 175 cm³/mol. The second-order valence-corrected chi connectivity index (χ2v) is 11.7. The molecule has 0 aliphatic rings. The Morgan fingerprint density at radius 3 is 2.37 bits per heavy atom. The first-order valence-corrected chi connectivity index (χ1v) is 14.8. The number of urea groups is 1. The molecule has 0 bridgehead atoms. The molecule has 2 aromatic carbocycles.